The quantitative estimate of drug-likeness (QED) is 0.884. The van der Waals surface area contributed by atoms with Crippen LogP contribution in [0.25, 0.3) is 0 Å². The molecule has 3 atom stereocenters. The number of aliphatic carboxylic acids is 1. The molecule has 1 saturated heterocycles. The Kier molecular flexibility index (Phi) is 4.59. The van der Waals surface area contributed by atoms with Crippen molar-refractivity contribution in [3.8, 4) is 0 Å². The van der Waals surface area contributed by atoms with E-state index >= 15 is 0 Å². The molecule has 3 unspecified atom stereocenters. The van der Waals surface area contributed by atoms with Crippen LogP contribution in [0.1, 0.15) is 44.7 Å². The SMILES string of the molecule is CCC1C(CC(=O)O)CCN1C(C)c1ccccc1. The van der Waals surface area contributed by atoms with Crippen molar-refractivity contribution in [3.05, 3.63) is 35.9 Å². The molecule has 0 spiro atoms. The van der Waals surface area contributed by atoms with Gasteiger partial charge in [0.15, 0.2) is 0 Å². The highest BCUT2D eigenvalue weighted by molar-refractivity contribution is 5.67. The lowest BCUT2D eigenvalue weighted by Gasteiger charge is -2.32. The lowest BCUT2D eigenvalue weighted by atomic mass is 9.94. The second-order valence-corrected chi connectivity index (χ2v) is 5.45. The van der Waals surface area contributed by atoms with Gasteiger partial charge in [-0.1, -0.05) is 37.3 Å². The second kappa shape index (κ2) is 6.20. The van der Waals surface area contributed by atoms with Crippen molar-refractivity contribution in [2.45, 2.75) is 45.2 Å². The summed E-state index contributed by atoms with van der Waals surface area (Å²) >= 11 is 0. The fraction of sp³-hybridized carbons (Fsp3) is 0.562. The number of hydrogen-bond donors (Lipinski definition) is 1. The molecule has 0 saturated carbocycles. The zero-order chi connectivity index (χ0) is 13.8. The van der Waals surface area contributed by atoms with Crippen LogP contribution in [-0.4, -0.2) is 28.6 Å². The van der Waals surface area contributed by atoms with Crippen LogP contribution in [0.5, 0.6) is 0 Å². The molecule has 2 rings (SSSR count). The molecule has 3 heteroatoms. The first-order valence-corrected chi connectivity index (χ1v) is 7.16. The first-order valence-electron chi connectivity index (χ1n) is 7.16. The molecular weight excluding hydrogens is 238 g/mol. The number of carboxylic acid groups (broad SMARTS) is 1. The van der Waals surface area contributed by atoms with Crippen molar-refractivity contribution in [1.82, 2.24) is 4.90 Å². The first-order chi connectivity index (χ1) is 9.13. The molecule has 1 aliphatic heterocycles. The second-order valence-electron chi connectivity index (χ2n) is 5.45. The molecule has 0 aliphatic carbocycles. The van der Waals surface area contributed by atoms with Crippen LogP contribution in [0.2, 0.25) is 0 Å². The number of benzene rings is 1. The van der Waals surface area contributed by atoms with E-state index in [0.717, 1.165) is 19.4 Å². The molecule has 1 fully saturated rings. The molecular formula is C16H23NO2. The van der Waals surface area contributed by atoms with E-state index in [2.05, 4.69) is 43.0 Å². The predicted octanol–water partition coefficient (Wildman–Crippen LogP) is 3.32. The van der Waals surface area contributed by atoms with Crippen LogP contribution in [0.3, 0.4) is 0 Å². The maximum Gasteiger partial charge on any atom is 0.303 e. The highest BCUT2D eigenvalue weighted by atomic mass is 16.4. The Bertz CT molecular complexity index is 418. The smallest absolute Gasteiger partial charge is 0.303 e. The predicted molar refractivity (Wildman–Crippen MR) is 76.0 cm³/mol. The van der Waals surface area contributed by atoms with Crippen LogP contribution in [0.4, 0.5) is 0 Å². The van der Waals surface area contributed by atoms with Gasteiger partial charge in [-0.2, -0.15) is 0 Å². The van der Waals surface area contributed by atoms with Crippen LogP contribution in [-0.2, 0) is 4.79 Å². The van der Waals surface area contributed by atoms with E-state index in [1.165, 1.54) is 5.56 Å². The Labute approximate surface area is 115 Å². The van der Waals surface area contributed by atoms with Crippen LogP contribution in [0.15, 0.2) is 30.3 Å². The summed E-state index contributed by atoms with van der Waals surface area (Å²) in [5.74, 6) is -0.369. The van der Waals surface area contributed by atoms with Crippen molar-refractivity contribution < 1.29 is 9.90 Å². The van der Waals surface area contributed by atoms with Gasteiger partial charge in [-0.25, -0.2) is 0 Å². The number of likely N-dealkylation sites (tertiary alicyclic amines) is 1. The molecule has 0 aromatic heterocycles. The summed E-state index contributed by atoms with van der Waals surface area (Å²) in [7, 11) is 0. The maximum absolute atomic E-state index is 10.9. The number of carbonyl (C=O) groups is 1. The fourth-order valence-corrected chi connectivity index (χ4v) is 3.38. The van der Waals surface area contributed by atoms with Gasteiger partial charge in [0, 0.05) is 18.5 Å². The molecule has 19 heavy (non-hydrogen) atoms. The summed E-state index contributed by atoms with van der Waals surface area (Å²) in [5.41, 5.74) is 1.32. The van der Waals surface area contributed by atoms with Crippen molar-refractivity contribution in [3.63, 3.8) is 0 Å². The number of hydrogen-bond acceptors (Lipinski definition) is 2. The van der Waals surface area contributed by atoms with Gasteiger partial charge in [-0.15, -0.1) is 0 Å². The average Bonchev–Trinajstić information content (AvgIpc) is 2.80. The summed E-state index contributed by atoms with van der Waals surface area (Å²) in [4.78, 5) is 13.4. The van der Waals surface area contributed by atoms with Gasteiger partial charge in [-0.3, -0.25) is 9.69 Å². The number of rotatable bonds is 5. The zero-order valence-electron chi connectivity index (χ0n) is 11.7. The van der Waals surface area contributed by atoms with Crippen molar-refractivity contribution in [2.24, 2.45) is 5.92 Å². The van der Waals surface area contributed by atoms with Gasteiger partial charge in [0.1, 0.15) is 0 Å². The molecule has 1 aromatic rings. The Hall–Kier alpha value is -1.35. The van der Waals surface area contributed by atoms with Gasteiger partial charge >= 0.3 is 5.97 Å². The summed E-state index contributed by atoms with van der Waals surface area (Å²) in [6.07, 6.45) is 2.33. The van der Waals surface area contributed by atoms with Crippen molar-refractivity contribution in [2.75, 3.05) is 6.54 Å². The summed E-state index contributed by atoms with van der Waals surface area (Å²) < 4.78 is 0. The van der Waals surface area contributed by atoms with Crippen LogP contribution < -0.4 is 0 Å². The van der Waals surface area contributed by atoms with E-state index in [1.54, 1.807) is 0 Å². The van der Waals surface area contributed by atoms with E-state index in [0.29, 0.717) is 24.4 Å². The van der Waals surface area contributed by atoms with Gasteiger partial charge in [0.25, 0.3) is 0 Å². The summed E-state index contributed by atoms with van der Waals surface area (Å²) in [5, 5.41) is 9.01. The topological polar surface area (TPSA) is 40.5 Å². The standard InChI is InChI=1S/C16H23NO2/c1-3-15-14(11-16(18)19)9-10-17(15)12(2)13-7-5-4-6-8-13/h4-8,12,14-15H,3,9-11H2,1-2H3,(H,18,19). The third-order valence-corrected chi connectivity index (χ3v) is 4.36. The largest absolute Gasteiger partial charge is 0.481 e. The molecule has 1 aromatic carbocycles. The molecule has 3 nitrogen and oxygen atoms in total. The molecule has 0 radical (unpaired) electrons. The Balaban J connectivity index is 2.10. The van der Waals surface area contributed by atoms with Gasteiger partial charge < -0.3 is 5.11 Å². The molecule has 1 aliphatic rings. The monoisotopic (exact) mass is 261 g/mol. The molecule has 1 N–H and O–H groups in total. The van der Waals surface area contributed by atoms with E-state index in [4.69, 9.17) is 5.11 Å². The van der Waals surface area contributed by atoms with Crippen molar-refractivity contribution >= 4 is 5.97 Å². The van der Waals surface area contributed by atoms with Gasteiger partial charge in [0.05, 0.1) is 0 Å². The molecule has 1 heterocycles. The number of carboxylic acids is 1. The third-order valence-electron chi connectivity index (χ3n) is 4.36. The highest BCUT2D eigenvalue weighted by Crippen LogP contribution is 2.35. The normalized spacial score (nSPS) is 25.4. The number of nitrogens with zero attached hydrogens (tertiary/aromatic N) is 1. The molecule has 0 amide bonds. The first kappa shape index (κ1) is 14.1. The van der Waals surface area contributed by atoms with Crippen molar-refractivity contribution in [1.29, 1.82) is 0 Å². The average molecular weight is 261 g/mol. The Morgan fingerprint density at radius 2 is 2.11 bits per heavy atom. The fourth-order valence-electron chi connectivity index (χ4n) is 3.38. The summed E-state index contributed by atoms with van der Waals surface area (Å²) in [6.45, 7) is 5.39. The minimum Gasteiger partial charge on any atom is -0.481 e. The highest BCUT2D eigenvalue weighted by Gasteiger charge is 2.36. The minimum atomic E-state index is -0.669. The minimum absolute atomic E-state index is 0.300. The van der Waals surface area contributed by atoms with E-state index < -0.39 is 5.97 Å². The Morgan fingerprint density at radius 1 is 1.42 bits per heavy atom. The molecule has 0 bridgehead atoms. The molecule has 104 valence electrons. The van der Waals surface area contributed by atoms with Gasteiger partial charge in [0.2, 0.25) is 0 Å². The summed E-state index contributed by atoms with van der Waals surface area (Å²) in [6, 6.07) is 11.2. The lowest BCUT2D eigenvalue weighted by molar-refractivity contribution is -0.138. The van der Waals surface area contributed by atoms with E-state index in [-0.39, 0.29) is 0 Å². The van der Waals surface area contributed by atoms with Crippen LogP contribution >= 0.6 is 0 Å². The van der Waals surface area contributed by atoms with E-state index in [1.807, 2.05) is 6.07 Å². The van der Waals surface area contributed by atoms with Gasteiger partial charge in [-0.05, 0) is 37.8 Å². The third kappa shape index (κ3) is 3.16. The Morgan fingerprint density at radius 3 is 2.68 bits per heavy atom. The lowest BCUT2D eigenvalue weighted by Crippen LogP contribution is -2.35. The zero-order valence-corrected chi connectivity index (χ0v) is 11.7. The van der Waals surface area contributed by atoms with Crippen LogP contribution in [0, 0.1) is 5.92 Å². The van der Waals surface area contributed by atoms with E-state index in [9.17, 15) is 4.79 Å². The maximum atomic E-state index is 10.9.